The molecule has 6 heteroatoms. The standard InChI is InChI=1S/C18H24N4O2/c1-2-15-6-7-16(24-15)18(23)22-10-3-4-13(9-11-22)21-14-5-8-17(19)20-12-14/h5-8,12-13,21H,2-4,9-11H2,1H3,(H2,19,20)/t13-/m0/s1. The lowest BCUT2D eigenvalue weighted by molar-refractivity contribution is 0.0727. The van der Waals surface area contributed by atoms with Crippen molar-refractivity contribution in [2.45, 2.75) is 38.6 Å². The van der Waals surface area contributed by atoms with Gasteiger partial charge in [0.25, 0.3) is 5.91 Å². The molecule has 3 rings (SSSR count). The van der Waals surface area contributed by atoms with Crippen LogP contribution in [0.15, 0.2) is 34.9 Å². The van der Waals surface area contributed by atoms with E-state index in [9.17, 15) is 4.79 Å². The van der Waals surface area contributed by atoms with Crippen molar-refractivity contribution < 1.29 is 9.21 Å². The Balaban J connectivity index is 1.58. The second-order valence-electron chi connectivity index (χ2n) is 6.16. The van der Waals surface area contributed by atoms with E-state index in [4.69, 9.17) is 10.2 Å². The van der Waals surface area contributed by atoms with E-state index in [1.807, 2.05) is 24.0 Å². The number of nitrogen functional groups attached to an aromatic ring is 1. The van der Waals surface area contributed by atoms with Gasteiger partial charge in [0.15, 0.2) is 5.76 Å². The van der Waals surface area contributed by atoms with Crippen LogP contribution in [-0.2, 0) is 6.42 Å². The number of nitrogens with one attached hydrogen (secondary N) is 1. The molecule has 6 nitrogen and oxygen atoms in total. The number of hydrogen-bond donors (Lipinski definition) is 2. The number of nitrogens with two attached hydrogens (primary N) is 1. The fourth-order valence-electron chi connectivity index (χ4n) is 3.01. The van der Waals surface area contributed by atoms with Crippen LogP contribution in [0.4, 0.5) is 11.5 Å². The molecule has 0 bridgehead atoms. The summed E-state index contributed by atoms with van der Waals surface area (Å²) in [5, 5.41) is 3.48. The summed E-state index contributed by atoms with van der Waals surface area (Å²) >= 11 is 0. The number of hydrogen-bond acceptors (Lipinski definition) is 5. The van der Waals surface area contributed by atoms with Crippen LogP contribution in [0, 0.1) is 0 Å². The van der Waals surface area contributed by atoms with Gasteiger partial charge in [-0.25, -0.2) is 4.98 Å². The first-order chi connectivity index (χ1) is 11.7. The van der Waals surface area contributed by atoms with Crippen LogP contribution < -0.4 is 11.1 Å². The number of pyridine rings is 1. The minimum Gasteiger partial charge on any atom is -0.456 e. The van der Waals surface area contributed by atoms with Crippen LogP contribution in [0.3, 0.4) is 0 Å². The van der Waals surface area contributed by atoms with Crippen molar-refractivity contribution in [1.82, 2.24) is 9.88 Å². The van der Waals surface area contributed by atoms with Crippen molar-refractivity contribution in [1.29, 1.82) is 0 Å². The molecule has 1 fully saturated rings. The number of aryl methyl sites for hydroxylation is 1. The third kappa shape index (κ3) is 3.88. The topological polar surface area (TPSA) is 84.4 Å². The van der Waals surface area contributed by atoms with Crippen molar-refractivity contribution in [2.75, 3.05) is 24.1 Å². The van der Waals surface area contributed by atoms with Crippen LogP contribution in [-0.4, -0.2) is 34.9 Å². The van der Waals surface area contributed by atoms with E-state index in [0.717, 1.165) is 50.2 Å². The lowest BCUT2D eigenvalue weighted by atomic mass is 10.1. The molecule has 1 aliphatic rings. The summed E-state index contributed by atoms with van der Waals surface area (Å²) in [5.74, 6) is 1.80. The summed E-state index contributed by atoms with van der Waals surface area (Å²) in [4.78, 5) is 18.6. The maximum absolute atomic E-state index is 12.6. The highest BCUT2D eigenvalue weighted by atomic mass is 16.4. The molecule has 1 saturated heterocycles. The van der Waals surface area contributed by atoms with Gasteiger partial charge >= 0.3 is 0 Å². The molecule has 0 radical (unpaired) electrons. The van der Waals surface area contributed by atoms with Gasteiger partial charge in [0.1, 0.15) is 11.6 Å². The summed E-state index contributed by atoms with van der Waals surface area (Å²) in [7, 11) is 0. The Morgan fingerprint density at radius 3 is 2.92 bits per heavy atom. The van der Waals surface area contributed by atoms with Gasteiger partial charge in [-0.2, -0.15) is 0 Å². The van der Waals surface area contributed by atoms with Gasteiger partial charge in [-0.05, 0) is 43.5 Å². The molecule has 2 aromatic rings. The molecule has 3 heterocycles. The van der Waals surface area contributed by atoms with E-state index < -0.39 is 0 Å². The molecule has 0 aromatic carbocycles. The quantitative estimate of drug-likeness (QED) is 0.901. The maximum atomic E-state index is 12.6. The van der Waals surface area contributed by atoms with Gasteiger partial charge in [0.2, 0.25) is 0 Å². The van der Waals surface area contributed by atoms with Crippen LogP contribution in [0.2, 0.25) is 0 Å². The molecule has 0 aliphatic carbocycles. The monoisotopic (exact) mass is 328 g/mol. The van der Waals surface area contributed by atoms with Crippen LogP contribution in [0.1, 0.15) is 42.5 Å². The number of furan rings is 1. The summed E-state index contributed by atoms with van der Waals surface area (Å²) in [6.07, 6.45) is 5.43. The summed E-state index contributed by atoms with van der Waals surface area (Å²) in [5.41, 5.74) is 6.58. The number of anilines is 2. The number of aromatic nitrogens is 1. The van der Waals surface area contributed by atoms with E-state index in [1.165, 1.54) is 0 Å². The van der Waals surface area contributed by atoms with Crippen molar-refractivity contribution in [3.8, 4) is 0 Å². The molecule has 1 aliphatic heterocycles. The van der Waals surface area contributed by atoms with Crippen molar-refractivity contribution in [2.24, 2.45) is 0 Å². The average Bonchev–Trinajstić information content (AvgIpc) is 2.96. The van der Waals surface area contributed by atoms with E-state index in [1.54, 1.807) is 18.3 Å². The molecular formula is C18H24N4O2. The molecule has 2 aromatic heterocycles. The summed E-state index contributed by atoms with van der Waals surface area (Å²) in [6.45, 7) is 3.50. The molecule has 0 spiro atoms. The Kier molecular flexibility index (Phi) is 5.03. The maximum Gasteiger partial charge on any atom is 0.289 e. The third-order valence-corrected chi connectivity index (χ3v) is 4.39. The van der Waals surface area contributed by atoms with E-state index in [2.05, 4.69) is 10.3 Å². The smallest absolute Gasteiger partial charge is 0.289 e. The number of amides is 1. The van der Waals surface area contributed by atoms with Gasteiger partial charge in [-0.3, -0.25) is 4.79 Å². The Morgan fingerprint density at radius 2 is 2.21 bits per heavy atom. The number of carbonyl (C=O) groups is 1. The normalized spacial score (nSPS) is 18.2. The Bertz CT molecular complexity index is 681. The van der Waals surface area contributed by atoms with Crippen LogP contribution in [0.25, 0.3) is 0 Å². The minimum atomic E-state index is -0.00972. The highest BCUT2D eigenvalue weighted by Crippen LogP contribution is 2.19. The molecular weight excluding hydrogens is 304 g/mol. The largest absolute Gasteiger partial charge is 0.456 e. The molecule has 0 unspecified atom stereocenters. The van der Waals surface area contributed by atoms with E-state index in [-0.39, 0.29) is 5.91 Å². The first-order valence-corrected chi connectivity index (χ1v) is 8.51. The Labute approximate surface area is 142 Å². The van der Waals surface area contributed by atoms with Gasteiger partial charge in [0.05, 0.1) is 11.9 Å². The fraction of sp³-hybridized carbons (Fsp3) is 0.444. The third-order valence-electron chi connectivity index (χ3n) is 4.39. The zero-order chi connectivity index (χ0) is 16.9. The predicted octanol–water partition coefficient (Wildman–Crippen LogP) is 2.93. The average molecular weight is 328 g/mol. The molecule has 24 heavy (non-hydrogen) atoms. The molecule has 128 valence electrons. The highest BCUT2D eigenvalue weighted by Gasteiger charge is 2.23. The minimum absolute atomic E-state index is 0.00972. The SMILES string of the molecule is CCc1ccc(C(=O)N2CCC[C@H](Nc3ccc(N)nc3)CC2)o1. The summed E-state index contributed by atoms with van der Waals surface area (Å²) in [6, 6.07) is 7.71. The number of likely N-dealkylation sites (tertiary alicyclic amines) is 1. The molecule has 1 amide bonds. The number of rotatable bonds is 4. The first kappa shape index (κ1) is 16.4. The van der Waals surface area contributed by atoms with Gasteiger partial charge in [0, 0.05) is 25.6 Å². The van der Waals surface area contributed by atoms with Crippen molar-refractivity contribution >= 4 is 17.4 Å². The molecule has 3 N–H and O–H groups in total. The van der Waals surface area contributed by atoms with Gasteiger partial charge in [-0.15, -0.1) is 0 Å². The van der Waals surface area contributed by atoms with Gasteiger partial charge in [-0.1, -0.05) is 6.92 Å². The second kappa shape index (κ2) is 7.38. The predicted molar refractivity (Wildman–Crippen MR) is 93.9 cm³/mol. The zero-order valence-corrected chi connectivity index (χ0v) is 14.0. The second-order valence-corrected chi connectivity index (χ2v) is 6.16. The Hall–Kier alpha value is -2.50. The molecule has 1 atom stereocenters. The first-order valence-electron chi connectivity index (χ1n) is 8.51. The Morgan fingerprint density at radius 1 is 1.33 bits per heavy atom. The summed E-state index contributed by atoms with van der Waals surface area (Å²) < 4.78 is 5.60. The van der Waals surface area contributed by atoms with Gasteiger partial charge < -0.3 is 20.4 Å². The number of carbonyl (C=O) groups excluding carboxylic acids is 1. The van der Waals surface area contributed by atoms with E-state index in [0.29, 0.717) is 17.6 Å². The van der Waals surface area contributed by atoms with E-state index >= 15 is 0 Å². The van der Waals surface area contributed by atoms with Crippen molar-refractivity contribution in [3.05, 3.63) is 42.0 Å². The highest BCUT2D eigenvalue weighted by molar-refractivity contribution is 5.91. The fourth-order valence-corrected chi connectivity index (χ4v) is 3.01. The number of nitrogens with zero attached hydrogens (tertiary/aromatic N) is 2. The molecule has 0 saturated carbocycles. The lowest BCUT2D eigenvalue weighted by Crippen LogP contribution is -2.32. The van der Waals surface area contributed by atoms with Crippen molar-refractivity contribution in [3.63, 3.8) is 0 Å². The zero-order valence-electron chi connectivity index (χ0n) is 14.0. The van der Waals surface area contributed by atoms with Crippen LogP contribution >= 0.6 is 0 Å². The lowest BCUT2D eigenvalue weighted by Gasteiger charge is -2.20. The van der Waals surface area contributed by atoms with Crippen LogP contribution in [0.5, 0.6) is 0 Å².